The fourth-order valence-corrected chi connectivity index (χ4v) is 1.86. The summed E-state index contributed by atoms with van der Waals surface area (Å²) in [5.41, 5.74) is 8.75. The summed E-state index contributed by atoms with van der Waals surface area (Å²) >= 11 is 0. The Balaban J connectivity index is 2.29. The lowest BCUT2D eigenvalue weighted by molar-refractivity contribution is 0.948. The lowest BCUT2D eigenvalue weighted by Crippen LogP contribution is -2.02. The van der Waals surface area contributed by atoms with Crippen LogP contribution in [0, 0.1) is 11.3 Å². The van der Waals surface area contributed by atoms with Crippen LogP contribution in [0.15, 0.2) is 42.7 Å². The Bertz CT molecular complexity index is 752. The van der Waals surface area contributed by atoms with E-state index in [1.54, 1.807) is 6.20 Å². The van der Waals surface area contributed by atoms with Crippen molar-refractivity contribution >= 4 is 11.5 Å². The molecule has 0 fully saturated rings. The van der Waals surface area contributed by atoms with Crippen molar-refractivity contribution in [3.63, 3.8) is 0 Å². The third-order valence-corrected chi connectivity index (χ3v) is 2.77. The minimum Gasteiger partial charge on any atom is -0.382 e. The first-order chi connectivity index (χ1) is 8.81. The van der Waals surface area contributed by atoms with E-state index in [2.05, 4.69) is 10.1 Å². The number of nitrogens with two attached hydrogens (primary N) is 1. The second-order valence-electron chi connectivity index (χ2n) is 3.83. The Morgan fingerprint density at radius 2 is 1.94 bits per heavy atom. The van der Waals surface area contributed by atoms with E-state index in [0.717, 1.165) is 11.1 Å². The SMILES string of the molecule is N#Cc1cnc2c(-c3ccccc3)cnn2c1N. The van der Waals surface area contributed by atoms with Gasteiger partial charge in [-0.2, -0.15) is 14.9 Å². The van der Waals surface area contributed by atoms with Crippen LogP contribution >= 0.6 is 0 Å². The lowest BCUT2D eigenvalue weighted by Gasteiger charge is -2.01. The highest BCUT2D eigenvalue weighted by Crippen LogP contribution is 2.24. The highest BCUT2D eigenvalue weighted by Gasteiger charge is 2.11. The van der Waals surface area contributed by atoms with Crippen LogP contribution in [-0.2, 0) is 0 Å². The molecule has 5 nitrogen and oxygen atoms in total. The number of aromatic nitrogens is 3. The second kappa shape index (κ2) is 3.86. The number of hydrogen-bond acceptors (Lipinski definition) is 4. The standard InChI is InChI=1S/C13H9N5/c14-6-10-7-16-13-11(8-17-18(13)12(10)15)9-4-2-1-3-5-9/h1-5,7-8H,15H2. The van der Waals surface area contributed by atoms with Crippen molar-refractivity contribution in [1.29, 1.82) is 5.26 Å². The van der Waals surface area contributed by atoms with Crippen LogP contribution in [0.2, 0.25) is 0 Å². The highest BCUT2D eigenvalue weighted by molar-refractivity contribution is 5.78. The summed E-state index contributed by atoms with van der Waals surface area (Å²) in [6.45, 7) is 0. The van der Waals surface area contributed by atoms with Gasteiger partial charge in [-0.25, -0.2) is 4.98 Å². The van der Waals surface area contributed by atoms with Gasteiger partial charge in [0.15, 0.2) is 5.65 Å². The molecule has 1 aromatic carbocycles. The summed E-state index contributed by atoms with van der Waals surface area (Å²) in [5, 5.41) is 13.1. The van der Waals surface area contributed by atoms with Crippen molar-refractivity contribution in [2.24, 2.45) is 0 Å². The lowest BCUT2D eigenvalue weighted by atomic mass is 10.1. The monoisotopic (exact) mass is 235 g/mol. The van der Waals surface area contributed by atoms with Crippen LogP contribution in [0.25, 0.3) is 16.8 Å². The van der Waals surface area contributed by atoms with Gasteiger partial charge in [0.2, 0.25) is 0 Å². The molecule has 0 bridgehead atoms. The zero-order valence-corrected chi connectivity index (χ0v) is 9.41. The molecule has 86 valence electrons. The van der Waals surface area contributed by atoms with E-state index >= 15 is 0 Å². The minimum absolute atomic E-state index is 0.310. The van der Waals surface area contributed by atoms with Gasteiger partial charge in [-0.1, -0.05) is 30.3 Å². The maximum absolute atomic E-state index is 8.89. The van der Waals surface area contributed by atoms with E-state index in [4.69, 9.17) is 11.0 Å². The average Bonchev–Trinajstić information content (AvgIpc) is 2.85. The molecule has 0 aliphatic heterocycles. The zero-order chi connectivity index (χ0) is 12.5. The third-order valence-electron chi connectivity index (χ3n) is 2.77. The third kappa shape index (κ3) is 1.40. The number of benzene rings is 1. The van der Waals surface area contributed by atoms with Crippen molar-refractivity contribution in [3.8, 4) is 17.2 Å². The quantitative estimate of drug-likeness (QED) is 0.698. The largest absolute Gasteiger partial charge is 0.382 e. The number of nitriles is 1. The van der Waals surface area contributed by atoms with Gasteiger partial charge < -0.3 is 5.73 Å². The second-order valence-corrected chi connectivity index (χ2v) is 3.83. The number of rotatable bonds is 1. The van der Waals surface area contributed by atoms with Gasteiger partial charge in [0, 0.05) is 5.56 Å². The first kappa shape index (κ1) is 10.3. The summed E-state index contributed by atoms with van der Waals surface area (Å²) in [7, 11) is 0. The molecule has 2 N–H and O–H groups in total. The molecule has 0 aliphatic rings. The molecule has 0 amide bonds. The number of anilines is 1. The summed E-state index contributed by atoms with van der Waals surface area (Å²) in [6.07, 6.45) is 3.17. The van der Waals surface area contributed by atoms with E-state index in [-0.39, 0.29) is 0 Å². The van der Waals surface area contributed by atoms with Gasteiger partial charge in [-0.3, -0.25) is 0 Å². The molecule has 2 heterocycles. The molecule has 18 heavy (non-hydrogen) atoms. The molecule has 0 saturated carbocycles. The van der Waals surface area contributed by atoms with Crippen molar-refractivity contribution in [2.75, 3.05) is 5.73 Å². The molecular weight excluding hydrogens is 226 g/mol. The maximum atomic E-state index is 8.89. The minimum atomic E-state index is 0.310. The number of nitrogen functional groups attached to an aromatic ring is 1. The van der Waals surface area contributed by atoms with E-state index in [0.29, 0.717) is 17.0 Å². The van der Waals surface area contributed by atoms with E-state index in [1.807, 2.05) is 36.4 Å². The van der Waals surface area contributed by atoms with Crippen molar-refractivity contribution in [3.05, 3.63) is 48.3 Å². The molecule has 0 spiro atoms. The highest BCUT2D eigenvalue weighted by atomic mass is 15.3. The van der Waals surface area contributed by atoms with Gasteiger partial charge >= 0.3 is 0 Å². The van der Waals surface area contributed by atoms with Crippen molar-refractivity contribution < 1.29 is 0 Å². The molecule has 0 aliphatic carbocycles. The Morgan fingerprint density at radius 3 is 2.67 bits per heavy atom. The summed E-state index contributed by atoms with van der Waals surface area (Å²) < 4.78 is 1.49. The van der Waals surface area contributed by atoms with Gasteiger partial charge in [-0.05, 0) is 5.56 Å². The molecule has 0 atom stereocenters. The van der Waals surface area contributed by atoms with Crippen LogP contribution in [0.4, 0.5) is 5.82 Å². The van der Waals surface area contributed by atoms with Crippen LogP contribution in [0.1, 0.15) is 5.56 Å². The molecule has 0 unspecified atom stereocenters. The number of nitrogens with zero attached hydrogens (tertiary/aromatic N) is 4. The number of hydrogen-bond donors (Lipinski definition) is 1. The van der Waals surface area contributed by atoms with Gasteiger partial charge in [0.1, 0.15) is 17.5 Å². The van der Waals surface area contributed by atoms with Gasteiger partial charge in [0.25, 0.3) is 0 Å². The van der Waals surface area contributed by atoms with E-state index in [9.17, 15) is 0 Å². The van der Waals surface area contributed by atoms with Gasteiger partial charge in [0.05, 0.1) is 12.4 Å². The van der Waals surface area contributed by atoms with Crippen LogP contribution in [0.5, 0.6) is 0 Å². The maximum Gasteiger partial charge on any atom is 0.165 e. The molecular formula is C13H9N5. The summed E-state index contributed by atoms with van der Waals surface area (Å²) in [6, 6.07) is 11.8. The fraction of sp³-hybridized carbons (Fsp3) is 0. The van der Waals surface area contributed by atoms with Gasteiger partial charge in [-0.15, -0.1) is 0 Å². The normalized spacial score (nSPS) is 10.4. The smallest absolute Gasteiger partial charge is 0.165 e. The molecule has 2 aromatic heterocycles. The summed E-state index contributed by atoms with van der Waals surface area (Å²) in [5.74, 6) is 0.310. The summed E-state index contributed by atoms with van der Waals surface area (Å²) in [4.78, 5) is 4.25. The van der Waals surface area contributed by atoms with Crippen LogP contribution in [0.3, 0.4) is 0 Å². The molecule has 3 aromatic rings. The van der Waals surface area contributed by atoms with Crippen molar-refractivity contribution in [2.45, 2.75) is 0 Å². The predicted molar refractivity (Wildman–Crippen MR) is 67.6 cm³/mol. The van der Waals surface area contributed by atoms with Crippen LogP contribution < -0.4 is 5.73 Å². The number of fused-ring (bicyclic) bond motifs is 1. The molecule has 5 heteroatoms. The first-order valence-corrected chi connectivity index (χ1v) is 5.39. The van der Waals surface area contributed by atoms with Crippen molar-refractivity contribution in [1.82, 2.24) is 14.6 Å². The fourth-order valence-electron chi connectivity index (χ4n) is 1.86. The zero-order valence-electron chi connectivity index (χ0n) is 9.41. The van der Waals surface area contributed by atoms with E-state index in [1.165, 1.54) is 10.7 Å². The first-order valence-electron chi connectivity index (χ1n) is 5.39. The average molecular weight is 235 g/mol. The molecule has 3 rings (SSSR count). The molecule has 0 saturated heterocycles. The predicted octanol–water partition coefficient (Wildman–Crippen LogP) is 1.85. The van der Waals surface area contributed by atoms with Crippen LogP contribution in [-0.4, -0.2) is 14.6 Å². The Kier molecular flexibility index (Phi) is 2.21. The Morgan fingerprint density at radius 1 is 1.17 bits per heavy atom. The van der Waals surface area contributed by atoms with E-state index < -0.39 is 0 Å². The Hall–Kier alpha value is -2.87. The topological polar surface area (TPSA) is 80.0 Å². The molecule has 0 radical (unpaired) electrons. The Labute approximate surface area is 103 Å².